The zero-order valence-corrected chi connectivity index (χ0v) is 12.9. The smallest absolute Gasteiger partial charge is 0.323 e. The fourth-order valence-corrected chi connectivity index (χ4v) is 3.30. The number of para-hydroxylation sites is 1. The molecule has 3 heterocycles. The zero-order valence-electron chi connectivity index (χ0n) is 12.1. The van der Waals surface area contributed by atoms with Gasteiger partial charge in [-0.3, -0.25) is 5.32 Å². The molecule has 0 radical (unpaired) electrons. The van der Waals surface area contributed by atoms with Gasteiger partial charge in [-0.1, -0.05) is 28.7 Å². The molecule has 0 aliphatic carbocycles. The predicted octanol–water partition coefficient (Wildman–Crippen LogP) is 1.47. The van der Waals surface area contributed by atoms with Crippen molar-refractivity contribution in [3.63, 3.8) is 0 Å². The van der Waals surface area contributed by atoms with Crippen molar-refractivity contribution in [1.82, 2.24) is 24.9 Å². The van der Waals surface area contributed by atoms with Crippen molar-refractivity contribution in [2.45, 2.75) is 12.6 Å². The SMILES string of the molecule is O=C(Nc1nc2ccccc2s1)N1CC(n2cc(CO)nn2)C1. The molecule has 1 aromatic carbocycles. The van der Waals surface area contributed by atoms with Gasteiger partial charge in [-0.15, -0.1) is 5.10 Å². The summed E-state index contributed by atoms with van der Waals surface area (Å²) >= 11 is 1.46. The van der Waals surface area contributed by atoms with Crippen LogP contribution in [0.4, 0.5) is 9.93 Å². The Morgan fingerprint density at radius 3 is 2.96 bits per heavy atom. The lowest BCUT2D eigenvalue weighted by Gasteiger charge is -2.38. The van der Waals surface area contributed by atoms with E-state index in [2.05, 4.69) is 20.6 Å². The number of hydrogen-bond donors (Lipinski definition) is 2. The minimum Gasteiger partial charge on any atom is -0.390 e. The largest absolute Gasteiger partial charge is 0.390 e. The number of fused-ring (bicyclic) bond motifs is 1. The van der Waals surface area contributed by atoms with Crippen molar-refractivity contribution in [2.75, 3.05) is 18.4 Å². The highest BCUT2D eigenvalue weighted by Crippen LogP contribution is 2.27. The molecule has 1 fully saturated rings. The van der Waals surface area contributed by atoms with E-state index in [0.717, 1.165) is 10.2 Å². The Morgan fingerprint density at radius 1 is 1.39 bits per heavy atom. The number of aromatic nitrogens is 4. The molecular weight excluding hydrogens is 316 g/mol. The van der Waals surface area contributed by atoms with Gasteiger partial charge in [0.2, 0.25) is 0 Å². The summed E-state index contributed by atoms with van der Waals surface area (Å²) in [7, 11) is 0. The van der Waals surface area contributed by atoms with E-state index in [0.29, 0.717) is 23.9 Å². The third-order valence-electron chi connectivity index (χ3n) is 3.75. The van der Waals surface area contributed by atoms with Gasteiger partial charge in [-0.2, -0.15) is 0 Å². The van der Waals surface area contributed by atoms with E-state index in [9.17, 15) is 4.79 Å². The molecule has 9 heteroatoms. The second kappa shape index (κ2) is 5.60. The summed E-state index contributed by atoms with van der Waals surface area (Å²) in [5.41, 5.74) is 1.41. The van der Waals surface area contributed by atoms with Gasteiger partial charge >= 0.3 is 6.03 Å². The first-order valence-corrected chi connectivity index (χ1v) is 7.97. The van der Waals surface area contributed by atoms with Crippen molar-refractivity contribution in [2.24, 2.45) is 0 Å². The van der Waals surface area contributed by atoms with Gasteiger partial charge < -0.3 is 10.0 Å². The molecule has 1 aliphatic heterocycles. The highest BCUT2D eigenvalue weighted by Gasteiger charge is 2.33. The highest BCUT2D eigenvalue weighted by molar-refractivity contribution is 7.22. The van der Waals surface area contributed by atoms with Gasteiger partial charge in [0.1, 0.15) is 5.69 Å². The molecule has 0 atom stereocenters. The number of carbonyl (C=O) groups is 1. The average molecular weight is 330 g/mol. The first-order chi connectivity index (χ1) is 11.2. The second-order valence-corrected chi connectivity index (χ2v) is 6.35. The number of nitrogens with zero attached hydrogens (tertiary/aromatic N) is 5. The van der Waals surface area contributed by atoms with Gasteiger partial charge in [-0.25, -0.2) is 14.5 Å². The van der Waals surface area contributed by atoms with Crippen molar-refractivity contribution in [1.29, 1.82) is 0 Å². The summed E-state index contributed by atoms with van der Waals surface area (Å²) in [5.74, 6) is 0. The van der Waals surface area contributed by atoms with Gasteiger partial charge in [-0.05, 0) is 12.1 Å². The van der Waals surface area contributed by atoms with Crippen molar-refractivity contribution >= 4 is 32.7 Å². The van der Waals surface area contributed by atoms with Crippen LogP contribution in [0.15, 0.2) is 30.5 Å². The summed E-state index contributed by atoms with van der Waals surface area (Å²) in [6.07, 6.45) is 1.70. The second-order valence-electron chi connectivity index (χ2n) is 5.32. The molecule has 0 spiro atoms. The van der Waals surface area contributed by atoms with Crippen LogP contribution in [0.2, 0.25) is 0 Å². The number of aliphatic hydroxyl groups excluding tert-OH is 1. The number of nitrogens with one attached hydrogen (secondary N) is 1. The fraction of sp³-hybridized carbons (Fsp3) is 0.286. The lowest BCUT2D eigenvalue weighted by molar-refractivity contribution is 0.127. The number of benzene rings is 1. The summed E-state index contributed by atoms with van der Waals surface area (Å²) in [6.45, 7) is 0.991. The van der Waals surface area contributed by atoms with Crippen LogP contribution in [0.1, 0.15) is 11.7 Å². The standard InChI is InChI=1S/C14H14N6O2S/c21-8-9-5-20(18-17-9)10-6-19(7-10)14(22)16-13-15-11-3-1-2-4-12(11)23-13/h1-5,10,21H,6-8H2,(H,15,16,22). The van der Waals surface area contributed by atoms with E-state index in [-0.39, 0.29) is 18.7 Å². The van der Waals surface area contributed by atoms with Gasteiger partial charge in [0, 0.05) is 13.1 Å². The topological polar surface area (TPSA) is 96.2 Å². The number of likely N-dealkylation sites (tertiary alicyclic amines) is 1. The Hall–Kier alpha value is -2.52. The van der Waals surface area contributed by atoms with Crippen LogP contribution < -0.4 is 5.32 Å². The van der Waals surface area contributed by atoms with Crippen LogP contribution in [0.3, 0.4) is 0 Å². The minimum absolute atomic E-state index is 0.101. The van der Waals surface area contributed by atoms with Crippen molar-refractivity contribution in [3.8, 4) is 0 Å². The van der Waals surface area contributed by atoms with Gasteiger partial charge in [0.15, 0.2) is 5.13 Å². The molecule has 4 rings (SSSR count). The number of hydrogen-bond acceptors (Lipinski definition) is 6. The van der Waals surface area contributed by atoms with Crippen LogP contribution in [0, 0.1) is 0 Å². The summed E-state index contributed by atoms with van der Waals surface area (Å²) in [4.78, 5) is 18.3. The number of urea groups is 1. The molecule has 2 amide bonds. The number of aliphatic hydroxyl groups is 1. The maximum absolute atomic E-state index is 12.2. The molecule has 118 valence electrons. The summed E-state index contributed by atoms with van der Waals surface area (Å²) in [6, 6.07) is 7.71. The predicted molar refractivity (Wildman–Crippen MR) is 85.2 cm³/mol. The van der Waals surface area contributed by atoms with Crippen LogP contribution in [0.25, 0.3) is 10.2 Å². The van der Waals surface area contributed by atoms with E-state index in [4.69, 9.17) is 5.11 Å². The summed E-state index contributed by atoms with van der Waals surface area (Å²) < 4.78 is 2.73. The fourth-order valence-electron chi connectivity index (χ4n) is 2.45. The van der Waals surface area contributed by atoms with Gasteiger partial charge in [0.25, 0.3) is 0 Å². The number of carbonyl (C=O) groups excluding carboxylic acids is 1. The molecule has 0 bridgehead atoms. The molecule has 0 saturated carbocycles. The molecule has 0 unspecified atom stereocenters. The Morgan fingerprint density at radius 2 is 2.22 bits per heavy atom. The van der Waals surface area contributed by atoms with Crippen LogP contribution in [0.5, 0.6) is 0 Å². The Labute approximate surface area is 135 Å². The number of amides is 2. The molecule has 8 nitrogen and oxygen atoms in total. The summed E-state index contributed by atoms with van der Waals surface area (Å²) in [5, 5.41) is 20.2. The molecule has 1 aliphatic rings. The molecule has 23 heavy (non-hydrogen) atoms. The minimum atomic E-state index is -0.164. The maximum atomic E-state index is 12.2. The van der Waals surface area contributed by atoms with E-state index >= 15 is 0 Å². The number of anilines is 1. The van der Waals surface area contributed by atoms with Crippen LogP contribution in [-0.4, -0.2) is 49.1 Å². The van der Waals surface area contributed by atoms with Crippen molar-refractivity contribution < 1.29 is 9.90 Å². The zero-order chi connectivity index (χ0) is 15.8. The number of rotatable bonds is 3. The Bertz CT molecular complexity index is 821. The van der Waals surface area contributed by atoms with Crippen molar-refractivity contribution in [3.05, 3.63) is 36.2 Å². The van der Waals surface area contributed by atoms with E-state index in [1.165, 1.54) is 11.3 Å². The Balaban J connectivity index is 1.37. The first-order valence-electron chi connectivity index (χ1n) is 7.16. The van der Waals surface area contributed by atoms with E-state index in [1.807, 2.05) is 24.3 Å². The van der Waals surface area contributed by atoms with Crippen LogP contribution >= 0.6 is 11.3 Å². The monoisotopic (exact) mass is 330 g/mol. The average Bonchev–Trinajstić information content (AvgIpc) is 3.11. The lowest BCUT2D eigenvalue weighted by atomic mass is 10.1. The van der Waals surface area contributed by atoms with E-state index < -0.39 is 0 Å². The normalized spacial score (nSPS) is 14.9. The molecule has 2 aromatic heterocycles. The lowest BCUT2D eigenvalue weighted by Crippen LogP contribution is -2.52. The van der Waals surface area contributed by atoms with Crippen LogP contribution in [-0.2, 0) is 6.61 Å². The molecule has 1 saturated heterocycles. The number of thiazole rings is 1. The first kappa shape index (κ1) is 14.1. The molecular formula is C14H14N6O2S. The van der Waals surface area contributed by atoms with E-state index in [1.54, 1.807) is 15.8 Å². The third-order valence-corrected chi connectivity index (χ3v) is 4.70. The quantitative estimate of drug-likeness (QED) is 0.758. The maximum Gasteiger partial charge on any atom is 0.323 e. The van der Waals surface area contributed by atoms with Gasteiger partial charge in [0.05, 0.1) is 29.1 Å². The highest BCUT2D eigenvalue weighted by atomic mass is 32.1. The Kier molecular flexibility index (Phi) is 3.43. The molecule has 3 aromatic rings. The third kappa shape index (κ3) is 2.64. The molecule has 2 N–H and O–H groups in total.